The molecule has 1 heteroatoms. The zero-order valence-corrected chi connectivity index (χ0v) is 21.5. The van der Waals surface area contributed by atoms with Crippen LogP contribution in [0.2, 0.25) is 0 Å². The van der Waals surface area contributed by atoms with Crippen LogP contribution < -0.4 is 4.74 Å². The van der Waals surface area contributed by atoms with Gasteiger partial charge in [0, 0.05) is 0 Å². The summed E-state index contributed by atoms with van der Waals surface area (Å²) < 4.78 is 6.12. The monoisotopic (exact) mass is 440 g/mol. The zero-order valence-electron chi connectivity index (χ0n) is 21.5. The van der Waals surface area contributed by atoms with Crippen LogP contribution in [0.25, 0.3) is 0 Å². The van der Waals surface area contributed by atoms with Crippen LogP contribution in [-0.2, 0) is 0 Å². The van der Waals surface area contributed by atoms with Crippen LogP contribution in [0.15, 0.2) is 24.3 Å². The van der Waals surface area contributed by atoms with E-state index in [0.29, 0.717) is 0 Å². The molecule has 0 spiro atoms. The number of hydrogen-bond donors (Lipinski definition) is 0. The normalized spacial score (nSPS) is 26.2. The molecule has 3 rings (SSSR count). The molecule has 0 radical (unpaired) electrons. The lowest BCUT2D eigenvalue weighted by Crippen LogP contribution is -2.20. The largest absolute Gasteiger partial charge is 0.494 e. The molecule has 2 atom stereocenters. The standard InChI is InChI=1S/C31H52O/c1-3-5-6-7-8-13-26-17-19-29(20-18-26)30-21-23-31(24-22-30)32-25-11-16-28-15-10-9-14-27(28)12-4-2/h21-24,26-29H,3-20,25H2,1-2H3. The van der Waals surface area contributed by atoms with E-state index in [4.69, 9.17) is 4.74 Å². The summed E-state index contributed by atoms with van der Waals surface area (Å²) in [6.45, 7) is 5.54. The first kappa shape index (κ1) is 25.6. The van der Waals surface area contributed by atoms with E-state index >= 15 is 0 Å². The Bertz CT molecular complexity index is 581. The average Bonchev–Trinajstić information content (AvgIpc) is 2.84. The molecular formula is C31H52O. The van der Waals surface area contributed by atoms with Gasteiger partial charge in [0.25, 0.3) is 0 Å². The molecule has 2 aliphatic rings. The maximum atomic E-state index is 6.12. The van der Waals surface area contributed by atoms with Gasteiger partial charge in [-0.05, 0) is 79.9 Å². The maximum Gasteiger partial charge on any atom is 0.119 e. The summed E-state index contributed by atoms with van der Waals surface area (Å²) in [7, 11) is 0. The van der Waals surface area contributed by atoms with Crippen LogP contribution in [0.3, 0.4) is 0 Å². The topological polar surface area (TPSA) is 9.23 Å². The van der Waals surface area contributed by atoms with Crippen LogP contribution in [0.1, 0.15) is 141 Å². The third kappa shape index (κ3) is 8.75. The molecule has 0 heterocycles. The van der Waals surface area contributed by atoms with Crippen molar-refractivity contribution in [2.24, 2.45) is 17.8 Å². The summed E-state index contributed by atoms with van der Waals surface area (Å²) in [6, 6.07) is 9.16. The van der Waals surface area contributed by atoms with Gasteiger partial charge < -0.3 is 4.74 Å². The minimum atomic E-state index is 0.780. The third-order valence-corrected chi connectivity index (χ3v) is 8.63. The number of ether oxygens (including phenoxy) is 1. The molecule has 1 aromatic rings. The quantitative estimate of drug-likeness (QED) is 0.261. The molecule has 0 aliphatic heterocycles. The Labute approximate surface area is 200 Å². The number of unbranched alkanes of at least 4 members (excludes halogenated alkanes) is 4. The molecule has 2 fully saturated rings. The van der Waals surface area contributed by atoms with E-state index in [0.717, 1.165) is 36.0 Å². The summed E-state index contributed by atoms with van der Waals surface area (Å²) in [5.41, 5.74) is 1.54. The summed E-state index contributed by atoms with van der Waals surface area (Å²) in [6.07, 6.45) is 25.5. The fourth-order valence-electron chi connectivity index (χ4n) is 6.61. The highest BCUT2D eigenvalue weighted by Gasteiger charge is 2.24. The summed E-state index contributed by atoms with van der Waals surface area (Å²) in [5.74, 6) is 4.80. The highest BCUT2D eigenvalue weighted by molar-refractivity contribution is 5.29. The Balaban J connectivity index is 1.30. The van der Waals surface area contributed by atoms with Gasteiger partial charge in [-0.3, -0.25) is 0 Å². The van der Waals surface area contributed by atoms with Gasteiger partial charge in [0.2, 0.25) is 0 Å². The van der Waals surface area contributed by atoms with Crippen LogP contribution in [0, 0.1) is 17.8 Å². The first-order valence-electron chi connectivity index (χ1n) is 14.5. The van der Waals surface area contributed by atoms with Crippen LogP contribution in [0.4, 0.5) is 0 Å². The number of hydrogen-bond acceptors (Lipinski definition) is 1. The van der Waals surface area contributed by atoms with Gasteiger partial charge in [0.1, 0.15) is 5.75 Å². The van der Waals surface area contributed by atoms with Crippen molar-refractivity contribution < 1.29 is 4.74 Å². The lowest BCUT2D eigenvalue weighted by molar-refractivity contribution is 0.193. The molecule has 0 aromatic heterocycles. The highest BCUT2D eigenvalue weighted by Crippen LogP contribution is 2.38. The predicted molar refractivity (Wildman–Crippen MR) is 140 cm³/mol. The van der Waals surface area contributed by atoms with Gasteiger partial charge >= 0.3 is 0 Å². The Morgan fingerprint density at radius 3 is 2.03 bits per heavy atom. The van der Waals surface area contributed by atoms with E-state index in [9.17, 15) is 0 Å². The van der Waals surface area contributed by atoms with Crippen molar-refractivity contribution in [2.75, 3.05) is 6.61 Å². The molecule has 0 amide bonds. The van der Waals surface area contributed by atoms with E-state index in [2.05, 4.69) is 38.1 Å². The lowest BCUT2D eigenvalue weighted by Gasteiger charge is -2.31. The Morgan fingerprint density at radius 1 is 0.656 bits per heavy atom. The Kier molecular flexibility index (Phi) is 12.0. The minimum Gasteiger partial charge on any atom is -0.494 e. The fraction of sp³-hybridized carbons (Fsp3) is 0.806. The summed E-state index contributed by atoms with van der Waals surface area (Å²) in [4.78, 5) is 0. The van der Waals surface area contributed by atoms with Crippen molar-refractivity contribution in [1.82, 2.24) is 0 Å². The third-order valence-electron chi connectivity index (χ3n) is 8.63. The van der Waals surface area contributed by atoms with Crippen LogP contribution in [0.5, 0.6) is 5.75 Å². The molecule has 2 aliphatic carbocycles. The van der Waals surface area contributed by atoms with E-state index in [1.807, 2.05) is 0 Å². The molecular weight excluding hydrogens is 388 g/mol. The first-order valence-corrected chi connectivity index (χ1v) is 14.5. The Hall–Kier alpha value is -0.980. The molecule has 1 nitrogen and oxygen atoms in total. The van der Waals surface area contributed by atoms with E-state index in [-0.39, 0.29) is 0 Å². The molecule has 182 valence electrons. The molecule has 0 N–H and O–H groups in total. The second-order valence-electron chi connectivity index (χ2n) is 11.1. The smallest absolute Gasteiger partial charge is 0.119 e. The lowest BCUT2D eigenvalue weighted by atomic mass is 9.75. The number of benzene rings is 1. The van der Waals surface area contributed by atoms with Gasteiger partial charge in [0.15, 0.2) is 0 Å². The van der Waals surface area contributed by atoms with Gasteiger partial charge in [0.05, 0.1) is 6.61 Å². The molecule has 0 bridgehead atoms. The van der Waals surface area contributed by atoms with E-state index in [1.54, 1.807) is 5.56 Å². The first-order chi connectivity index (χ1) is 15.8. The van der Waals surface area contributed by atoms with Gasteiger partial charge in [-0.25, -0.2) is 0 Å². The molecule has 0 saturated heterocycles. The van der Waals surface area contributed by atoms with Crippen molar-refractivity contribution in [3.05, 3.63) is 29.8 Å². The second kappa shape index (κ2) is 15.0. The van der Waals surface area contributed by atoms with Crippen LogP contribution >= 0.6 is 0 Å². The van der Waals surface area contributed by atoms with Gasteiger partial charge in [-0.2, -0.15) is 0 Å². The summed E-state index contributed by atoms with van der Waals surface area (Å²) in [5, 5.41) is 0. The average molecular weight is 441 g/mol. The van der Waals surface area contributed by atoms with Gasteiger partial charge in [-0.15, -0.1) is 0 Å². The van der Waals surface area contributed by atoms with Crippen molar-refractivity contribution in [2.45, 2.75) is 135 Å². The van der Waals surface area contributed by atoms with Crippen molar-refractivity contribution in [3.63, 3.8) is 0 Å². The predicted octanol–water partition coefficient (Wildman–Crippen LogP) is 10.1. The Morgan fingerprint density at radius 2 is 1.34 bits per heavy atom. The molecule has 2 saturated carbocycles. The fourth-order valence-corrected chi connectivity index (χ4v) is 6.61. The van der Waals surface area contributed by atoms with Gasteiger partial charge in [-0.1, -0.05) is 103 Å². The summed E-state index contributed by atoms with van der Waals surface area (Å²) >= 11 is 0. The van der Waals surface area contributed by atoms with E-state index < -0.39 is 0 Å². The maximum absolute atomic E-state index is 6.12. The molecule has 32 heavy (non-hydrogen) atoms. The molecule has 2 unspecified atom stereocenters. The minimum absolute atomic E-state index is 0.780. The van der Waals surface area contributed by atoms with E-state index in [1.165, 1.54) is 116 Å². The van der Waals surface area contributed by atoms with Crippen molar-refractivity contribution in [3.8, 4) is 5.75 Å². The van der Waals surface area contributed by atoms with Crippen molar-refractivity contribution >= 4 is 0 Å². The van der Waals surface area contributed by atoms with Crippen molar-refractivity contribution in [1.29, 1.82) is 0 Å². The van der Waals surface area contributed by atoms with Crippen LogP contribution in [-0.4, -0.2) is 6.61 Å². The number of rotatable bonds is 14. The second-order valence-corrected chi connectivity index (χ2v) is 11.1. The zero-order chi connectivity index (χ0) is 22.4. The highest BCUT2D eigenvalue weighted by atomic mass is 16.5. The molecule has 1 aromatic carbocycles. The SMILES string of the molecule is CCCCCCCC1CCC(c2ccc(OCCCC3CCCCC3CCC)cc2)CC1.